The van der Waals surface area contributed by atoms with Crippen molar-refractivity contribution in [3.05, 3.63) is 30.3 Å². The number of anilines is 1. The van der Waals surface area contributed by atoms with Gasteiger partial charge in [-0.3, -0.25) is 9.59 Å². The number of hydrogen-bond acceptors (Lipinski definition) is 3. The summed E-state index contributed by atoms with van der Waals surface area (Å²) in [6, 6.07) is 8.70. The van der Waals surface area contributed by atoms with E-state index < -0.39 is 12.0 Å². The van der Waals surface area contributed by atoms with Gasteiger partial charge in [-0.15, -0.1) is 0 Å². The Morgan fingerprint density at radius 1 is 1.12 bits per heavy atom. The molecule has 26 heavy (non-hydrogen) atoms. The Morgan fingerprint density at radius 3 is 2.38 bits per heavy atom. The van der Waals surface area contributed by atoms with Crippen molar-refractivity contribution in [2.75, 3.05) is 18.5 Å². The van der Waals surface area contributed by atoms with Gasteiger partial charge in [0.1, 0.15) is 6.04 Å². The van der Waals surface area contributed by atoms with E-state index in [1.165, 1.54) is 4.90 Å². The number of nitrogens with one attached hydrogen (secondary N) is 1. The molecule has 1 saturated carbocycles. The zero-order chi connectivity index (χ0) is 18.7. The molecule has 1 aromatic rings. The van der Waals surface area contributed by atoms with Gasteiger partial charge in [0.25, 0.3) is 0 Å². The van der Waals surface area contributed by atoms with Gasteiger partial charge < -0.3 is 20.2 Å². The highest BCUT2D eigenvalue weighted by Gasteiger charge is 2.38. The summed E-state index contributed by atoms with van der Waals surface area (Å²) in [5, 5.41) is 12.0. The number of carbonyl (C=O) groups is 3. The van der Waals surface area contributed by atoms with Crippen LogP contribution in [0, 0.1) is 5.92 Å². The predicted molar refractivity (Wildman–Crippen MR) is 96.9 cm³/mol. The second-order valence-electron chi connectivity index (χ2n) is 7.08. The van der Waals surface area contributed by atoms with E-state index in [0.29, 0.717) is 38.6 Å². The molecule has 1 saturated heterocycles. The fourth-order valence-electron chi connectivity index (χ4n) is 3.79. The summed E-state index contributed by atoms with van der Waals surface area (Å²) in [4.78, 5) is 39.4. The first-order valence-corrected chi connectivity index (χ1v) is 9.10. The fraction of sp³-hybridized carbons (Fsp3) is 0.526. The van der Waals surface area contributed by atoms with E-state index in [9.17, 15) is 14.4 Å². The molecular formula is C19H25N3O4. The van der Waals surface area contributed by atoms with E-state index in [1.807, 2.05) is 30.3 Å². The lowest BCUT2D eigenvalue weighted by molar-refractivity contribution is -0.142. The molecule has 7 heteroatoms. The molecule has 1 heterocycles. The third-order valence-corrected chi connectivity index (χ3v) is 5.44. The molecule has 2 N–H and O–H groups in total. The Bertz CT molecular complexity index is 671. The number of urea groups is 1. The lowest BCUT2D eigenvalue weighted by Gasteiger charge is -2.30. The Balaban J connectivity index is 1.54. The van der Waals surface area contributed by atoms with Crippen LogP contribution in [0.5, 0.6) is 0 Å². The third kappa shape index (κ3) is 3.81. The van der Waals surface area contributed by atoms with Crippen molar-refractivity contribution in [1.29, 1.82) is 0 Å². The highest BCUT2D eigenvalue weighted by Crippen LogP contribution is 2.26. The number of carboxylic acid groups (broad SMARTS) is 1. The minimum Gasteiger partial charge on any atom is -0.481 e. The maximum atomic E-state index is 12.7. The van der Waals surface area contributed by atoms with Crippen LogP contribution in [0.4, 0.5) is 10.5 Å². The molecular weight excluding hydrogens is 334 g/mol. The van der Waals surface area contributed by atoms with Crippen LogP contribution in [0.1, 0.15) is 32.1 Å². The van der Waals surface area contributed by atoms with Gasteiger partial charge in [0.2, 0.25) is 5.91 Å². The molecule has 2 fully saturated rings. The summed E-state index contributed by atoms with van der Waals surface area (Å²) in [5.41, 5.74) is 0.848. The highest BCUT2D eigenvalue weighted by atomic mass is 16.4. The molecule has 3 rings (SSSR count). The molecule has 1 atom stereocenters. The van der Waals surface area contributed by atoms with E-state index in [1.54, 1.807) is 11.9 Å². The van der Waals surface area contributed by atoms with Gasteiger partial charge in [-0.25, -0.2) is 4.79 Å². The summed E-state index contributed by atoms with van der Waals surface area (Å²) < 4.78 is 0. The van der Waals surface area contributed by atoms with Crippen molar-refractivity contribution in [1.82, 2.24) is 10.2 Å². The first kappa shape index (κ1) is 18.2. The molecule has 3 amide bonds. The number of amides is 3. The summed E-state index contributed by atoms with van der Waals surface area (Å²) in [7, 11) is 1.65. The summed E-state index contributed by atoms with van der Waals surface area (Å²) in [6.45, 7) is 0.592. The second-order valence-corrected chi connectivity index (χ2v) is 7.08. The maximum Gasteiger partial charge on any atom is 0.318 e. The van der Waals surface area contributed by atoms with Gasteiger partial charge in [-0.05, 0) is 44.2 Å². The second kappa shape index (κ2) is 7.76. The number of para-hydroxylation sites is 1. The molecule has 1 aliphatic carbocycles. The summed E-state index contributed by atoms with van der Waals surface area (Å²) in [5.74, 6) is -1.13. The zero-order valence-electron chi connectivity index (χ0n) is 14.9. The molecule has 0 spiro atoms. The number of rotatable bonds is 4. The summed E-state index contributed by atoms with van der Waals surface area (Å²) in [6.07, 6.45) is 3.07. The molecule has 0 radical (unpaired) electrons. The van der Waals surface area contributed by atoms with E-state index in [0.717, 1.165) is 5.69 Å². The van der Waals surface area contributed by atoms with Gasteiger partial charge >= 0.3 is 12.0 Å². The Kier molecular flexibility index (Phi) is 5.44. The normalized spacial score (nSPS) is 25.8. The van der Waals surface area contributed by atoms with E-state index in [-0.39, 0.29) is 23.9 Å². The van der Waals surface area contributed by atoms with Crippen LogP contribution in [0.15, 0.2) is 30.3 Å². The van der Waals surface area contributed by atoms with Crippen LogP contribution in [-0.4, -0.2) is 53.6 Å². The first-order chi connectivity index (χ1) is 12.5. The average Bonchev–Trinajstić information content (AvgIpc) is 3.03. The first-order valence-electron chi connectivity index (χ1n) is 9.10. The van der Waals surface area contributed by atoms with Gasteiger partial charge in [-0.2, -0.15) is 0 Å². The molecule has 0 aromatic heterocycles. The molecule has 1 aliphatic heterocycles. The van der Waals surface area contributed by atoms with Gasteiger partial charge in [-0.1, -0.05) is 18.2 Å². The van der Waals surface area contributed by atoms with Crippen molar-refractivity contribution in [3.63, 3.8) is 0 Å². The number of likely N-dealkylation sites (N-methyl/N-ethyl adjacent to an activating group) is 1. The van der Waals surface area contributed by atoms with Crippen LogP contribution in [-0.2, 0) is 9.59 Å². The Labute approximate surface area is 153 Å². The minimum absolute atomic E-state index is 0.0257. The Morgan fingerprint density at radius 2 is 1.77 bits per heavy atom. The monoisotopic (exact) mass is 359 g/mol. The van der Waals surface area contributed by atoms with Crippen LogP contribution in [0.3, 0.4) is 0 Å². The van der Waals surface area contributed by atoms with Crippen LogP contribution in [0.25, 0.3) is 0 Å². The smallest absolute Gasteiger partial charge is 0.318 e. The lowest BCUT2D eigenvalue weighted by Crippen LogP contribution is -2.50. The average molecular weight is 359 g/mol. The van der Waals surface area contributed by atoms with Gasteiger partial charge in [0, 0.05) is 25.3 Å². The standard InChI is InChI=1S/C19H25N3O4/c1-21(19(26)20-14-9-7-13(8-10-14)18(24)25)16-11-12-22(17(16)23)15-5-3-2-4-6-15/h2-6,13-14,16H,7-12H2,1H3,(H,20,26)(H,24,25). The van der Waals surface area contributed by atoms with Crippen molar-refractivity contribution in [3.8, 4) is 0 Å². The number of carboxylic acids is 1. The van der Waals surface area contributed by atoms with Gasteiger partial charge in [0.05, 0.1) is 5.92 Å². The largest absolute Gasteiger partial charge is 0.481 e. The minimum atomic E-state index is -0.760. The molecule has 1 unspecified atom stereocenters. The van der Waals surface area contributed by atoms with Crippen molar-refractivity contribution in [2.45, 2.75) is 44.2 Å². The maximum absolute atomic E-state index is 12.7. The number of hydrogen-bond donors (Lipinski definition) is 2. The molecule has 2 aliphatic rings. The van der Waals surface area contributed by atoms with E-state index in [4.69, 9.17) is 5.11 Å². The van der Waals surface area contributed by atoms with E-state index >= 15 is 0 Å². The number of benzene rings is 1. The van der Waals surface area contributed by atoms with Crippen molar-refractivity contribution in [2.24, 2.45) is 5.92 Å². The van der Waals surface area contributed by atoms with Crippen molar-refractivity contribution >= 4 is 23.6 Å². The van der Waals surface area contributed by atoms with E-state index in [2.05, 4.69) is 5.32 Å². The topological polar surface area (TPSA) is 89.9 Å². The molecule has 0 bridgehead atoms. The number of aliphatic carboxylic acids is 1. The van der Waals surface area contributed by atoms with Crippen LogP contribution >= 0.6 is 0 Å². The number of nitrogens with zero attached hydrogens (tertiary/aromatic N) is 2. The SMILES string of the molecule is CN(C(=O)NC1CCC(C(=O)O)CC1)C1CCN(c2ccccc2)C1=O. The Hall–Kier alpha value is -2.57. The third-order valence-electron chi connectivity index (χ3n) is 5.44. The zero-order valence-corrected chi connectivity index (χ0v) is 14.9. The lowest BCUT2D eigenvalue weighted by atomic mass is 9.86. The quantitative estimate of drug-likeness (QED) is 0.861. The molecule has 7 nitrogen and oxygen atoms in total. The van der Waals surface area contributed by atoms with Crippen molar-refractivity contribution < 1.29 is 19.5 Å². The molecule has 1 aromatic carbocycles. The van der Waals surface area contributed by atoms with Crippen LogP contribution in [0.2, 0.25) is 0 Å². The summed E-state index contributed by atoms with van der Waals surface area (Å²) >= 11 is 0. The molecule has 140 valence electrons. The van der Waals surface area contributed by atoms with Crippen LogP contribution < -0.4 is 10.2 Å². The highest BCUT2D eigenvalue weighted by molar-refractivity contribution is 6.01. The fourth-order valence-corrected chi connectivity index (χ4v) is 3.79. The van der Waals surface area contributed by atoms with Gasteiger partial charge in [0.15, 0.2) is 0 Å². The number of carbonyl (C=O) groups excluding carboxylic acids is 2. The predicted octanol–water partition coefficient (Wildman–Crippen LogP) is 2.08.